The van der Waals surface area contributed by atoms with E-state index in [9.17, 15) is 0 Å². The molecule has 0 aromatic heterocycles. The minimum atomic E-state index is -0.0423. The molecule has 2 heteroatoms. The molecule has 308 valence electrons. The van der Waals surface area contributed by atoms with Crippen molar-refractivity contribution < 1.29 is 0 Å². The summed E-state index contributed by atoms with van der Waals surface area (Å²) in [5.74, 6) is 0. The highest BCUT2D eigenvalue weighted by molar-refractivity contribution is 5.81. The summed E-state index contributed by atoms with van der Waals surface area (Å²) in [6.07, 6.45) is 6.04. The van der Waals surface area contributed by atoms with Crippen molar-refractivity contribution >= 4 is 34.1 Å². The Labute approximate surface area is 370 Å². The molecular formula is C60H58N2. The molecule has 0 atom stereocenters. The summed E-state index contributed by atoms with van der Waals surface area (Å²) in [5, 5.41) is 0. The van der Waals surface area contributed by atoms with Gasteiger partial charge in [0.1, 0.15) is 0 Å². The maximum atomic E-state index is 2.41. The van der Waals surface area contributed by atoms with Crippen molar-refractivity contribution in [2.45, 2.75) is 79.1 Å². The van der Waals surface area contributed by atoms with Gasteiger partial charge in [0.05, 0.1) is 0 Å². The monoisotopic (exact) mass is 806 g/mol. The van der Waals surface area contributed by atoms with Crippen LogP contribution in [0, 0.1) is 41.5 Å². The first kappa shape index (κ1) is 40.7. The Hall–Kier alpha value is -6.64. The minimum Gasteiger partial charge on any atom is -0.311 e. The largest absolute Gasteiger partial charge is 0.311 e. The first-order chi connectivity index (χ1) is 30.2. The predicted molar refractivity (Wildman–Crippen MR) is 265 cm³/mol. The average Bonchev–Trinajstić information content (AvgIpc) is 3.31. The first-order valence-corrected chi connectivity index (χ1v) is 22.5. The van der Waals surface area contributed by atoms with Gasteiger partial charge in [-0.3, -0.25) is 0 Å². The van der Waals surface area contributed by atoms with Gasteiger partial charge in [0.25, 0.3) is 0 Å². The molecule has 0 radical (unpaired) electrons. The van der Waals surface area contributed by atoms with Gasteiger partial charge < -0.3 is 9.80 Å². The molecule has 2 nitrogen and oxygen atoms in total. The van der Waals surface area contributed by atoms with Gasteiger partial charge in [-0.1, -0.05) is 140 Å². The van der Waals surface area contributed by atoms with Crippen LogP contribution in [0.25, 0.3) is 22.3 Å². The average molecular weight is 807 g/mol. The second-order valence-electron chi connectivity index (χ2n) is 17.7. The van der Waals surface area contributed by atoms with Gasteiger partial charge in [-0.05, 0) is 183 Å². The van der Waals surface area contributed by atoms with E-state index in [2.05, 4.69) is 233 Å². The smallest absolute Gasteiger partial charge is 0.0462 e. The molecule has 0 aliphatic heterocycles. The molecule has 0 saturated heterocycles. The molecule has 62 heavy (non-hydrogen) atoms. The normalized spacial score (nSPS) is 13.5. The van der Waals surface area contributed by atoms with E-state index in [4.69, 9.17) is 0 Å². The lowest BCUT2D eigenvalue weighted by Crippen LogP contribution is -2.30. The van der Waals surface area contributed by atoms with Crippen molar-refractivity contribution in [3.05, 3.63) is 226 Å². The van der Waals surface area contributed by atoms with Gasteiger partial charge in [-0.25, -0.2) is 0 Å². The zero-order valence-electron chi connectivity index (χ0n) is 37.3. The molecule has 8 aromatic carbocycles. The Kier molecular flexibility index (Phi) is 11.4. The lowest BCUT2D eigenvalue weighted by molar-refractivity contribution is 0.346. The van der Waals surface area contributed by atoms with Crippen molar-refractivity contribution in [2.24, 2.45) is 0 Å². The molecule has 0 spiro atoms. The molecule has 1 aliphatic rings. The number of anilines is 6. The summed E-state index contributed by atoms with van der Waals surface area (Å²) in [4.78, 5) is 4.79. The molecule has 9 rings (SSSR count). The van der Waals surface area contributed by atoms with Gasteiger partial charge >= 0.3 is 0 Å². The minimum absolute atomic E-state index is 0.0423. The highest BCUT2D eigenvalue weighted by atomic mass is 15.1. The van der Waals surface area contributed by atoms with Crippen molar-refractivity contribution in [3.63, 3.8) is 0 Å². The van der Waals surface area contributed by atoms with Crippen molar-refractivity contribution in [1.82, 2.24) is 0 Å². The Morgan fingerprint density at radius 3 is 0.968 bits per heavy atom. The standard InChI is InChI=1S/C60H58N2/c1-42-16-28-52(29-17-42)61(54-32-20-48(21-33-54)58-14-10-12-44(3)46(58)5)56-36-24-50(25-37-56)60(40-8-7-9-41-60)51-26-38-57(39-27-51)62(53-30-18-43(2)19-31-53)55-34-22-49(23-35-55)59-15-11-13-45(4)47(59)6/h10-39H,7-9,40-41H2,1-6H3. The summed E-state index contributed by atoms with van der Waals surface area (Å²) in [5.41, 5.74) is 22.6. The van der Waals surface area contributed by atoms with E-state index >= 15 is 0 Å². The molecule has 0 amide bonds. The van der Waals surface area contributed by atoms with E-state index < -0.39 is 0 Å². The van der Waals surface area contributed by atoms with E-state index in [1.165, 1.54) is 86.0 Å². The van der Waals surface area contributed by atoms with E-state index in [0.29, 0.717) is 0 Å². The Morgan fingerprint density at radius 2 is 0.629 bits per heavy atom. The van der Waals surface area contributed by atoms with Gasteiger partial charge in [0.2, 0.25) is 0 Å². The number of nitrogens with zero attached hydrogens (tertiary/aromatic N) is 2. The summed E-state index contributed by atoms with van der Waals surface area (Å²) >= 11 is 0. The van der Waals surface area contributed by atoms with Crippen LogP contribution in [0.4, 0.5) is 34.1 Å². The zero-order chi connectivity index (χ0) is 42.8. The Balaban J connectivity index is 1.05. The molecule has 0 N–H and O–H groups in total. The molecule has 0 heterocycles. The Bertz CT molecular complexity index is 2580. The van der Waals surface area contributed by atoms with Crippen LogP contribution in [0.2, 0.25) is 0 Å². The molecule has 1 saturated carbocycles. The zero-order valence-corrected chi connectivity index (χ0v) is 37.3. The lowest BCUT2D eigenvalue weighted by Gasteiger charge is -2.39. The third kappa shape index (κ3) is 7.98. The number of hydrogen-bond donors (Lipinski definition) is 0. The predicted octanol–water partition coefficient (Wildman–Crippen LogP) is 17.1. The highest BCUT2D eigenvalue weighted by Crippen LogP contribution is 2.47. The fraction of sp³-hybridized carbons (Fsp3) is 0.200. The molecule has 0 unspecified atom stereocenters. The fourth-order valence-corrected chi connectivity index (χ4v) is 9.75. The molecule has 0 bridgehead atoms. The van der Waals surface area contributed by atoms with Crippen LogP contribution in [-0.4, -0.2) is 0 Å². The van der Waals surface area contributed by atoms with E-state index in [1.54, 1.807) is 0 Å². The summed E-state index contributed by atoms with van der Waals surface area (Å²) in [6.45, 7) is 13.1. The second-order valence-corrected chi connectivity index (χ2v) is 17.7. The van der Waals surface area contributed by atoms with Crippen LogP contribution in [0.15, 0.2) is 182 Å². The maximum Gasteiger partial charge on any atom is 0.0462 e. The van der Waals surface area contributed by atoms with Crippen LogP contribution in [0.3, 0.4) is 0 Å². The molecular weight excluding hydrogens is 749 g/mol. The van der Waals surface area contributed by atoms with Gasteiger partial charge in [0, 0.05) is 39.5 Å². The number of benzene rings is 8. The van der Waals surface area contributed by atoms with Crippen molar-refractivity contribution in [2.75, 3.05) is 9.80 Å². The third-order valence-electron chi connectivity index (χ3n) is 13.7. The second kappa shape index (κ2) is 17.4. The fourth-order valence-electron chi connectivity index (χ4n) is 9.75. The Morgan fingerprint density at radius 1 is 0.323 bits per heavy atom. The third-order valence-corrected chi connectivity index (χ3v) is 13.7. The molecule has 1 fully saturated rings. The van der Waals surface area contributed by atoms with Crippen LogP contribution in [-0.2, 0) is 5.41 Å². The topological polar surface area (TPSA) is 6.48 Å². The summed E-state index contributed by atoms with van der Waals surface area (Å²) < 4.78 is 0. The maximum absolute atomic E-state index is 2.41. The lowest BCUT2D eigenvalue weighted by atomic mass is 9.65. The van der Waals surface area contributed by atoms with E-state index in [1.807, 2.05) is 0 Å². The van der Waals surface area contributed by atoms with Crippen molar-refractivity contribution in [3.8, 4) is 22.3 Å². The SMILES string of the molecule is Cc1ccc(N(c2ccc(-c3cccc(C)c3C)cc2)c2ccc(C3(c4ccc(N(c5ccc(C)cc5)c5ccc(-c6cccc(C)c6C)cc5)cc4)CCCCC3)cc2)cc1. The van der Waals surface area contributed by atoms with E-state index in [-0.39, 0.29) is 5.41 Å². The van der Waals surface area contributed by atoms with Gasteiger partial charge in [0.15, 0.2) is 0 Å². The van der Waals surface area contributed by atoms with Crippen molar-refractivity contribution in [1.29, 1.82) is 0 Å². The summed E-state index contributed by atoms with van der Waals surface area (Å²) in [6, 6.07) is 68.2. The van der Waals surface area contributed by atoms with Gasteiger partial charge in [-0.15, -0.1) is 0 Å². The highest BCUT2D eigenvalue weighted by Gasteiger charge is 2.36. The van der Waals surface area contributed by atoms with Crippen LogP contribution in [0.1, 0.15) is 76.6 Å². The molecule has 8 aromatic rings. The van der Waals surface area contributed by atoms with Crippen LogP contribution in [0.5, 0.6) is 0 Å². The number of rotatable bonds is 10. The van der Waals surface area contributed by atoms with Crippen LogP contribution >= 0.6 is 0 Å². The van der Waals surface area contributed by atoms with Gasteiger partial charge in [-0.2, -0.15) is 0 Å². The quantitative estimate of drug-likeness (QED) is 0.136. The first-order valence-electron chi connectivity index (χ1n) is 22.5. The summed E-state index contributed by atoms with van der Waals surface area (Å²) in [7, 11) is 0. The van der Waals surface area contributed by atoms with E-state index in [0.717, 1.165) is 47.0 Å². The van der Waals surface area contributed by atoms with Crippen LogP contribution < -0.4 is 9.80 Å². The molecule has 1 aliphatic carbocycles. The number of aryl methyl sites for hydroxylation is 4. The number of hydrogen-bond acceptors (Lipinski definition) is 2.